The first-order valence-electron chi connectivity index (χ1n) is 11.1. The van der Waals surface area contributed by atoms with Gasteiger partial charge in [0.05, 0.1) is 0 Å². The Bertz CT molecular complexity index is 1160. The van der Waals surface area contributed by atoms with Crippen LogP contribution in [0.2, 0.25) is 0 Å². The number of carboxylic acids is 1. The molecule has 0 spiro atoms. The Balaban J connectivity index is 1.47. The average Bonchev–Trinajstić information content (AvgIpc) is 2.87. The number of aliphatic carboxylic acids is 1. The van der Waals surface area contributed by atoms with Crippen LogP contribution in [0.15, 0.2) is 109 Å². The van der Waals surface area contributed by atoms with Crippen LogP contribution in [-0.4, -0.2) is 11.1 Å². The van der Waals surface area contributed by atoms with Crippen LogP contribution in [0.1, 0.15) is 23.1 Å². The summed E-state index contributed by atoms with van der Waals surface area (Å²) in [6.45, 7) is 1.23. The van der Waals surface area contributed by atoms with E-state index in [1.165, 1.54) is 5.56 Å². The van der Waals surface area contributed by atoms with E-state index in [1.54, 1.807) is 0 Å². The molecule has 0 heterocycles. The number of aryl methyl sites for hydroxylation is 1. The maximum absolute atomic E-state index is 10.7. The lowest BCUT2D eigenvalue weighted by atomic mass is 10.1. The lowest BCUT2D eigenvalue weighted by molar-refractivity contribution is -0.136. The number of carboxylic acid groups (broad SMARTS) is 1. The monoisotopic (exact) mass is 437 g/mol. The minimum atomic E-state index is -0.785. The zero-order valence-electron chi connectivity index (χ0n) is 18.4. The van der Waals surface area contributed by atoms with E-state index in [0.29, 0.717) is 13.0 Å². The zero-order valence-corrected chi connectivity index (χ0v) is 18.4. The molecule has 33 heavy (non-hydrogen) atoms. The van der Waals surface area contributed by atoms with Crippen LogP contribution in [-0.2, 0) is 24.4 Å². The molecular weight excluding hydrogens is 410 g/mol. The fourth-order valence-corrected chi connectivity index (χ4v) is 3.69. The molecular formula is C29H27NO3. The fraction of sp³-hybridized carbons (Fsp3) is 0.138. The van der Waals surface area contributed by atoms with Crippen molar-refractivity contribution in [2.75, 3.05) is 4.90 Å². The zero-order chi connectivity index (χ0) is 22.9. The minimum absolute atomic E-state index is 0.133. The summed E-state index contributed by atoms with van der Waals surface area (Å²) in [7, 11) is 0. The lowest BCUT2D eigenvalue weighted by Crippen LogP contribution is -2.16. The van der Waals surface area contributed by atoms with Crippen molar-refractivity contribution in [1.29, 1.82) is 0 Å². The van der Waals surface area contributed by atoms with Crippen LogP contribution in [0.5, 0.6) is 5.75 Å². The Morgan fingerprint density at radius 1 is 0.697 bits per heavy atom. The number of anilines is 2. The molecule has 0 aromatic heterocycles. The molecule has 0 bridgehead atoms. The first-order chi connectivity index (χ1) is 16.2. The molecule has 0 amide bonds. The van der Waals surface area contributed by atoms with Gasteiger partial charge in [0.15, 0.2) is 0 Å². The number of carbonyl (C=O) groups is 1. The van der Waals surface area contributed by atoms with Crippen molar-refractivity contribution in [2.45, 2.75) is 26.0 Å². The van der Waals surface area contributed by atoms with E-state index in [-0.39, 0.29) is 6.42 Å². The first-order valence-corrected chi connectivity index (χ1v) is 11.1. The van der Waals surface area contributed by atoms with Crippen molar-refractivity contribution in [2.24, 2.45) is 0 Å². The molecule has 0 unspecified atom stereocenters. The molecule has 0 aliphatic heterocycles. The summed E-state index contributed by atoms with van der Waals surface area (Å²) < 4.78 is 6.00. The van der Waals surface area contributed by atoms with Gasteiger partial charge in [-0.05, 0) is 59.5 Å². The van der Waals surface area contributed by atoms with Gasteiger partial charge in [0.1, 0.15) is 12.4 Å². The summed E-state index contributed by atoms with van der Waals surface area (Å²) in [5.41, 5.74) is 5.56. The molecule has 4 nitrogen and oxygen atoms in total. The number of hydrogen-bond acceptors (Lipinski definition) is 3. The van der Waals surface area contributed by atoms with Crippen molar-refractivity contribution >= 4 is 17.3 Å². The Kier molecular flexibility index (Phi) is 7.39. The van der Waals surface area contributed by atoms with E-state index in [0.717, 1.165) is 34.8 Å². The van der Waals surface area contributed by atoms with Crippen LogP contribution in [0, 0.1) is 0 Å². The molecule has 4 aromatic carbocycles. The summed E-state index contributed by atoms with van der Waals surface area (Å²) in [5, 5.41) is 8.83. The van der Waals surface area contributed by atoms with Crippen molar-refractivity contribution in [3.05, 3.63) is 126 Å². The van der Waals surface area contributed by atoms with E-state index < -0.39 is 5.97 Å². The molecule has 4 heteroatoms. The Morgan fingerprint density at radius 2 is 1.33 bits per heavy atom. The van der Waals surface area contributed by atoms with Gasteiger partial charge in [-0.2, -0.15) is 0 Å². The van der Waals surface area contributed by atoms with Crippen molar-refractivity contribution < 1.29 is 14.6 Å². The van der Waals surface area contributed by atoms with E-state index >= 15 is 0 Å². The van der Waals surface area contributed by atoms with E-state index in [2.05, 4.69) is 77.7 Å². The largest absolute Gasteiger partial charge is 0.489 e. The molecule has 0 fully saturated rings. The second kappa shape index (κ2) is 11.0. The molecule has 1 N–H and O–H groups in total. The van der Waals surface area contributed by atoms with Crippen molar-refractivity contribution in [1.82, 2.24) is 0 Å². The standard InChI is InChI=1S/C29H27NO3/c31-29(32)19-16-23-14-17-28(18-15-23)33-22-25-10-7-13-27(20-25)30(26-11-5-2-6-12-26)21-24-8-3-1-4-9-24/h1-15,17-18,20H,16,19,21-22H2,(H,31,32). The minimum Gasteiger partial charge on any atom is -0.489 e. The third-order valence-corrected chi connectivity index (χ3v) is 5.43. The average molecular weight is 438 g/mol. The fourth-order valence-electron chi connectivity index (χ4n) is 3.69. The summed E-state index contributed by atoms with van der Waals surface area (Å²) in [6, 6.07) is 36.9. The normalized spacial score (nSPS) is 10.5. The topological polar surface area (TPSA) is 49.8 Å². The van der Waals surface area contributed by atoms with Crippen molar-refractivity contribution in [3.8, 4) is 5.75 Å². The van der Waals surface area contributed by atoms with Gasteiger partial charge in [-0.1, -0.05) is 72.8 Å². The second-order valence-corrected chi connectivity index (χ2v) is 7.90. The smallest absolute Gasteiger partial charge is 0.303 e. The lowest BCUT2D eigenvalue weighted by Gasteiger charge is -2.26. The van der Waals surface area contributed by atoms with Crippen molar-refractivity contribution in [3.63, 3.8) is 0 Å². The third kappa shape index (κ3) is 6.47. The second-order valence-electron chi connectivity index (χ2n) is 7.90. The maximum Gasteiger partial charge on any atom is 0.303 e. The summed E-state index contributed by atoms with van der Waals surface area (Å²) in [5.74, 6) is -0.0179. The van der Waals surface area contributed by atoms with Gasteiger partial charge in [0.25, 0.3) is 0 Å². The summed E-state index contributed by atoms with van der Waals surface area (Å²) >= 11 is 0. The predicted molar refractivity (Wildman–Crippen MR) is 132 cm³/mol. The highest BCUT2D eigenvalue weighted by atomic mass is 16.5. The molecule has 0 atom stereocenters. The molecule has 0 aliphatic carbocycles. The Labute approximate surface area is 194 Å². The molecule has 0 aliphatic rings. The van der Waals surface area contributed by atoms with Gasteiger partial charge in [-0.15, -0.1) is 0 Å². The highest BCUT2D eigenvalue weighted by molar-refractivity contribution is 5.67. The van der Waals surface area contributed by atoms with Crippen LogP contribution in [0.4, 0.5) is 11.4 Å². The van der Waals surface area contributed by atoms with Gasteiger partial charge in [0.2, 0.25) is 0 Å². The molecule has 0 saturated heterocycles. The van der Waals surface area contributed by atoms with E-state index in [4.69, 9.17) is 9.84 Å². The number of hydrogen-bond donors (Lipinski definition) is 1. The van der Waals surface area contributed by atoms with E-state index in [1.807, 2.05) is 36.4 Å². The van der Waals surface area contributed by atoms with Gasteiger partial charge in [0, 0.05) is 24.3 Å². The Morgan fingerprint density at radius 3 is 2.03 bits per heavy atom. The maximum atomic E-state index is 10.7. The van der Waals surface area contributed by atoms with Gasteiger partial charge in [-0.3, -0.25) is 4.79 Å². The van der Waals surface area contributed by atoms with E-state index in [9.17, 15) is 4.79 Å². The summed E-state index contributed by atoms with van der Waals surface area (Å²) in [6.07, 6.45) is 0.655. The third-order valence-electron chi connectivity index (χ3n) is 5.43. The van der Waals surface area contributed by atoms with Crippen LogP contribution in [0.3, 0.4) is 0 Å². The van der Waals surface area contributed by atoms with Gasteiger partial charge < -0.3 is 14.7 Å². The molecule has 4 rings (SSSR count). The number of nitrogens with zero attached hydrogens (tertiary/aromatic N) is 1. The highest BCUT2D eigenvalue weighted by Gasteiger charge is 2.11. The number of para-hydroxylation sites is 1. The molecule has 0 radical (unpaired) electrons. The van der Waals surface area contributed by atoms with Crippen LogP contribution < -0.4 is 9.64 Å². The molecule has 0 saturated carbocycles. The number of ether oxygens (including phenoxy) is 1. The Hall–Kier alpha value is -4.05. The molecule has 166 valence electrons. The number of benzene rings is 4. The number of rotatable bonds is 10. The predicted octanol–water partition coefficient (Wildman–Crippen LogP) is 6.62. The highest BCUT2D eigenvalue weighted by Crippen LogP contribution is 2.28. The van der Waals surface area contributed by atoms with Crippen LogP contribution in [0.25, 0.3) is 0 Å². The quantitative estimate of drug-likeness (QED) is 0.303. The summed E-state index contributed by atoms with van der Waals surface area (Å²) in [4.78, 5) is 13.0. The van der Waals surface area contributed by atoms with Gasteiger partial charge >= 0.3 is 5.97 Å². The first kappa shape index (κ1) is 22.2. The molecule has 4 aromatic rings. The van der Waals surface area contributed by atoms with Gasteiger partial charge in [-0.25, -0.2) is 0 Å². The van der Waals surface area contributed by atoms with Crippen LogP contribution >= 0.6 is 0 Å². The SMILES string of the molecule is O=C(O)CCc1ccc(OCc2cccc(N(Cc3ccccc3)c3ccccc3)c2)cc1.